The second-order valence-electron chi connectivity index (χ2n) is 13.0. The number of nitrogens with zero attached hydrogens (tertiary/aromatic N) is 2. The minimum Gasteiger partial charge on any atom is -0.497 e. The number of benzene rings is 1. The fraction of sp³-hybridized carbons (Fsp3) is 0.543. The number of allylic oxidation sites excluding steroid dienone is 2. The molecule has 4 aliphatic rings. The van der Waals surface area contributed by atoms with Gasteiger partial charge in [0.1, 0.15) is 29.5 Å². The number of fused-ring (bicyclic) bond motifs is 2. The molecule has 0 aromatic heterocycles. The summed E-state index contributed by atoms with van der Waals surface area (Å²) >= 11 is 0. The van der Waals surface area contributed by atoms with Gasteiger partial charge in [-0.25, -0.2) is 8.42 Å². The van der Waals surface area contributed by atoms with Crippen LogP contribution in [-0.4, -0.2) is 86.6 Å². The zero-order valence-corrected chi connectivity index (χ0v) is 28.8. The van der Waals surface area contributed by atoms with Crippen molar-refractivity contribution in [3.05, 3.63) is 60.7 Å². The first kappa shape index (κ1) is 35.2. The summed E-state index contributed by atoms with van der Waals surface area (Å²) in [6, 6.07) is 5.70. The molecule has 5 atom stereocenters. The lowest BCUT2D eigenvalue weighted by Crippen LogP contribution is -2.57. The smallest absolute Gasteiger partial charge is 0.259 e. The van der Waals surface area contributed by atoms with Gasteiger partial charge in [-0.2, -0.15) is 0 Å². The van der Waals surface area contributed by atoms with Crippen molar-refractivity contribution >= 4 is 39.3 Å². The highest BCUT2D eigenvalue weighted by atomic mass is 32.2. The number of methoxy groups -OCH3 is 1. The van der Waals surface area contributed by atoms with Gasteiger partial charge in [-0.3, -0.25) is 24.1 Å². The first-order chi connectivity index (χ1) is 23.0. The fourth-order valence-corrected chi connectivity index (χ4v) is 7.83. The zero-order valence-electron chi connectivity index (χ0n) is 27.9. The molecular weight excluding hydrogens is 634 g/mol. The molecule has 13 heteroatoms. The predicted octanol–water partition coefficient (Wildman–Crippen LogP) is 3.63. The van der Waals surface area contributed by atoms with Gasteiger partial charge in [0.2, 0.25) is 27.7 Å². The summed E-state index contributed by atoms with van der Waals surface area (Å²) < 4.78 is 39.3. The standard InChI is InChI=1S/C35H47N5O7S/c1-5-12-23(2)32(36-3)47-27-20-30-31(41)38-35(34(43)39-48(44,45)28-17-18-28)21-24(35)13-9-7-6-8-10-16-29(33(42)40(30)22-27)37-25-14-11-15-26(19-25)46-4/h5,9,11-15,19,24,27-30,37H,2,6-8,10,16-18,20-22H2,1,3-4H3,(H,38,41)(H,39,43)/b12-5-,13-9-,36-32+/t24-,27-,29+,30+,35-/m1/s1. The van der Waals surface area contributed by atoms with Gasteiger partial charge in [0.15, 0.2) is 0 Å². The summed E-state index contributed by atoms with van der Waals surface area (Å²) in [5, 5.41) is 5.69. The third-order valence-electron chi connectivity index (χ3n) is 9.38. The van der Waals surface area contributed by atoms with Gasteiger partial charge < -0.3 is 25.0 Å². The van der Waals surface area contributed by atoms with Crippen LogP contribution in [0.5, 0.6) is 5.75 Å². The second kappa shape index (κ2) is 15.0. The molecule has 3 N–H and O–H groups in total. The quantitative estimate of drug-likeness (QED) is 0.155. The van der Waals surface area contributed by atoms with Crippen molar-refractivity contribution in [2.75, 3.05) is 26.0 Å². The summed E-state index contributed by atoms with van der Waals surface area (Å²) in [5.41, 5.74) is -0.173. The van der Waals surface area contributed by atoms with Crippen LogP contribution in [0, 0.1) is 5.92 Å². The number of nitrogens with one attached hydrogen (secondary N) is 3. The van der Waals surface area contributed by atoms with E-state index in [9.17, 15) is 22.8 Å². The van der Waals surface area contributed by atoms with E-state index < -0.39 is 50.8 Å². The molecule has 260 valence electrons. The lowest BCUT2D eigenvalue weighted by atomic mass is 10.0. The predicted molar refractivity (Wildman–Crippen MR) is 184 cm³/mol. The number of carbonyl (C=O) groups excluding carboxylic acids is 3. The van der Waals surface area contributed by atoms with E-state index in [1.54, 1.807) is 20.2 Å². The van der Waals surface area contributed by atoms with E-state index >= 15 is 0 Å². The SMILES string of the molecule is C=C(/C=C\C)/C(=N\C)O[C@@H]1C[C@H]2C(=O)N[C@]3(C(=O)NS(=O)(=O)C4CC4)C[C@H]3/C=C\CCCCC[C@H](Nc3cccc(OC)c3)C(=O)N2C1. The summed E-state index contributed by atoms with van der Waals surface area (Å²) in [6.07, 6.45) is 12.1. The molecule has 5 rings (SSSR count). The second-order valence-corrected chi connectivity index (χ2v) is 14.9. The topological polar surface area (TPSA) is 155 Å². The molecule has 12 nitrogen and oxygen atoms in total. The van der Waals surface area contributed by atoms with Crippen molar-refractivity contribution in [1.82, 2.24) is 14.9 Å². The number of amides is 3. The Hall–Kier alpha value is -4.13. The van der Waals surface area contributed by atoms with Crippen LogP contribution in [0.2, 0.25) is 0 Å². The van der Waals surface area contributed by atoms with Crippen LogP contribution in [-0.2, 0) is 29.1 Å². The first-order valence-electron chi connectivity index (χ1n) is 16.7. The number of hydrogen-bond donors (Lipinski definition) is 3. The summed E-state index contributed by atoms with van der Waals surface area (Å²) in [7, 11) is -0.677. The first-order valence-corrected chi connectivity index (χ1v) is 18.3. The van der Waals surface area contributed by atoms with E-state index in [0.717, 1.165) is 25.7 Å². The van der Waals surface area contributed by atoms with Crippen LogP contribution in [0.1, 0.15) is 64.7 Å². The summed E-state index contributed by atoms with van der Waals surface area (Å²) in [5.74, 6) is -0.992. The molecule has 1 saturated heterocycles. The molecule has 2 saturated carbocycles. The van der Waals surface area contributed by atoms with Crippen molar-refractivity contribution < 1.29 is 32.3 Å². The molecule has 3 amide bonds. The van der Waals surface area contributed by atoms with E-state index in [-0.39, 0.29) is 31.2 Å². The Balaban J connectivity index is 1.45. The van der Waals surface area contributed by atoms with Crippen LogP contribution < -0.4 is 20.1 Å². The minimum atomic E-state index is -3.84. The maximum Gasteiger partial charge on any atom is 0.259 e. The van der Waals surface area contributed by atoms with Crippen molar-refractivity contribution in [3.8, 4) is 5.75 Å². The Morgan fingerprint density at radius 2 is 1.98 bits per heavy atom. The average Bonchev–Trinajstić information content (AvgIpc) is 3.99. The van der Waals surface area contributed by atoms with Gasteiger partial charge in [0, 0.05) is 36.7 Å². The van der Waals surface area contributed by atoms with E-state index in [1.165, 1.54) is 4.90 Å². The maximum atomic E-state index is 14.4. The summed E-state index contributed by atoms with van der Waals surface area (Å²) in [6.45, 7) is 5.98. The number of aliphatic imine (C=N–C) groups is 1. The molecule has 0 bridgehead atoms. The van der Waals surface area contributed by atoms with Crippen molar-refractivity contribution in [2.45, 2.75) is 93.7 Å². The largest absolute Gasteiger partial charge is 0.497 e. The Morgan fingerprint density at radius 3 is 2.69 bits per heavy atom. The van der Waals surface area contributed by atoms with Crippen molar-refractivity contribution in [2.24, 2.45) is 10.9 Å². The normalized spacial score (nSPS) is 29.1. The molecule has 0 spiro atoms. The molecule has 0 unspecified atom stereocenters. The van der Waals surface area contributed by atoms with Crippen molar-refractivity contribution in [3.63, 3.8) is 0 Å². The van der Waals surface area contributed by atoms with Gasteiger partial charge >= 0.3 is 0 Å². The van der Waals surface area contributed by atoms with Gasteiger partial charge in [0.25, 0.3) is 5.91 Å². The van der Waals surface area contributed by atoms with E-state index in [0.29, 0.717) is 42.2 Å². The number of hydrogen-bond acceptors (Lipinski definition) is 9. The lowest BCUT2D eigenvalue weighted by molar-refractivity contribution is -0.140. The Labute approximate surface area is 283 Å². The third kappa shape index (κ3) is 8.11. The number of anilines is 1. The van der Waals surface area contributed by atoms with Gasteiger partial charge in [0.05, 0.1) is 18.9 Å². The van der Waals surface area contributed by atoms with Crippen LogP contribution in [0.4, 0.5) is 5.69 Å². The molecule has 2 aliphatic carbocycles. The van der Waals surface area contributed by atoms with Crippen LogP contribution in [0.3, 0.4) is 0 Å². The van der Waals surface area contributed by atoms with Crippen LogP contribution >= 0.6 is 0 Å². The molecule has 1 aromatic carbocycles. The fourth-order valence-electron chi connectivity index (χ4n) is 6.46. The Kier molecular flexibility index (Phi) is 11.0. The number of ether oxygens (including phenoxy) is 2. The minimum absolute atomic E-state index is 0.105. The molecule has 48 heavy (non-hydrogen) atoms. The van der Waals surface area contributed by atoms with Crippen LogP contribution in [0.25, 0.3) is 0 Å². The van der Waals surface area contributed by atoms with Gasteiger partial charge in [-0.05, 0) is 57.6 Å². The van der Waals surface area contributed by atoms with E-state index in [4.69, 9.17) is 9.47 Å². The summed E-state index contributed by atoms with van der Waals surface area (Å²) in [4.78, 5) is 48.0. The molecule has 0 radical (unpaired) electrons. The Morgan fingerprint density at radius 1 is 1.19 bits per heavy atom. The van der Waals surface area contributed by atoms with Gasteiger partial charge in [-0.1, -0.05) is 49.8 Å². The zero-order chi connectivity index (χ0) is 34.5. The maximum absolute atomic E-state index is 14.4. The molecule has 1 aromatic rings. The average molecular weight is 682 g/mol. The van der Waals surface area contributed by atoms with E-state index in [1.807, 2.05) is 49.4 Å². The van der Waals surface area contributed by atoms with E-state index in [2.05, 4.69) is 26.9 Å². The number of sulfonamides is 1. The highest BCUT2D eigenvalue weighted by molar-refractivity contribution is 7.91. The van der Waals surface area contributed by atoms with Crippen molar-refractivity contribution in [1.29, 1.82) is 0 Å². The monoisotopic (exact) mass is 681 g/mol. The van der Waals surface area contributed by atoms with Gasteiger partial charge in [-0.15, -0.1) is 0 Å². The third-order valence-corrected chi connectivity index (χ3v) is 11.2. The molecular formula is C35H47N5O7S. The number of carbonyl (C=O) groups is 3. The highest BCUT2D eigenvalue weighted by Gasteiger charge is 2.62. The molecule has 2 heterocycles. The highest BCUT2D eigenvalue weighted by Crippen LogP contribution is 2.46. The molecule has 2 aliphatic heterocycles. The molecule has 3 fully saturated rings. The Bertz CT molecular complexity index is 1600. The number of rotatable bonds is 9. The lowest BCUT2D eigenvalue weighted by Gasteiger charge is -2.30. The van der Waals surface area contributed by atoms with Crippen LogP contribution in [0.15, 0.2) is 65.7 Å².